The zero-order chi connectivity index (χ0) is 18.7. The van der Waals surface area contributed by atoms with Crippen molar-refractivity contribution in [1.82, 2.24) is 5.32 Å². The second-order valence-corrected chi connectivity index (χ2v) is 7.75. The maximum absolute atomic E-state index is 12.5. The molecular weight excluding hydrogens is 368 g/mol. The molecule has 2 aromatic carbocycles. The fourth-order valence-corrected chi connectivity index (χ4v) is 3.83. The lowest BCUT2D eigenvalue weighted by Crippen LogP contribution is -2.36. The van der Waals surface area contributed by atoms with Gasteiger partial charge in [0, 0.05) is 21.5 Å². The molecule has 0 unspecified atom stereocenters. The number of hydrogen-bond acceptors (Lipinski definition) is 3. The molecule has 2 amide bonds. The first kappa shape index (κ1) is 18.8. The van der Waals surface area contributed by atoms with E-state index in [-0.39, 0.29) is 17.9 Å². The highest BCUT2D eigenvalue weighted by atomic mass is 35.5. The van der Waals surface area contributed by atoms with Crippen LogP contribution < -0.4 is 10.2 Å². The predicted molar refractivity (Wildman–Crippen MR) is 107 cm³/mol. The minimum Gasteiger partial charge on any atom is -0.350 e. The van der Waals surface area contributed by atoms with Crippen LogP contribution in [0.25, 0.3) is 0 Å². The number of halogens is 1. The number of amides is 2. The molecule has 4 nitrogen and oxygen atoms in total. The van der Waals surface area contributed by atoms with Crippen molar-refractivity contribution in [3.05, 3.63) is 58.6 Å². The van der Waals surface area contributed by atoms with Crippen molar-refractivity contribution < 1.29 is 9.59 Å². The Morgan fingerprint density at radius 3 is 2.81 bits per heavy atom. The van der Waals surface area contributed by atoms with Gasteiger partial charge < -0.3 is 10.2 Å². The van der Waals surface area contributed by atoms with Crippen LogP contribution in [0.2, 0.25) is 5.02 Å². The normalized spacial score (nSPS) is 14.7. The molecular formula is C20H21ClN2O2S. The van der Waals surface area contributed by atoms with Gasteiger partial charge in [-0.3, -0.25) is 9.59 Å². The first-order chi connectivity index (χ1) is 12.5. The molecule has 0 saturated heterocycles. The number of thioether (sulfide) groups is 1. The summed E-state index contributed by atoms with van der Waals surface area (Å²) in [4.78, 5) is 27.7. The second-order valence-electron chi connectivity index (χ2n) is 6.33. The van der Waals surface area contributed by atoms with Gasteiger partial charge in [0.25, 0.3) is 5.91 Å². The summed E-state index contributed by atoms with van der Waals surface area (Å²) in [6.45, 7) is 4.39. The van der Waals surface area contributed by atoms with E-state index in [1.165, 1.54) is 11.8 Å². The average Bonchev–Trinajstić information content (AvgIpc) is 2.65. The quantitative estimate of drug-likeness (QED) is 0.819. The Hall–Kier alpha value is -1.98. The van der Waals surface area contributed by atoms with Gasteiger partial charge >= 0.3 is 0 Å². The van der Waals surface area contributed by atoms with Crippen molar-refractivity contribution in [3.63, 3.8) is 0 Å². The summed E-state index contributed by atoms with van der Waals surface area (Å²) in [5, 5.41) is 3.60. The van der Waals surface area contributed by atoms with Crippen LogP contribution in [0.4, 0.5) is 5.69 Å². The molecule has 1 aliphatic heterocycles. The Bertz CT molecular complexity index is 840. The van der Waals surface area contributed by atoms with Gasteiger partial charge in [-0.05, 0) is 43.2 Å². The van der Waals surface area contributed by atoms with E-state index >= 15 is 0 Å². The molecule has 1 heterocycles. The molecule has 6 heteroatoms. The third-order valence-corrected chi connectivity index (χ3v) is 5.86. The van der Waals surface area contributed by atoms with Gasteiger partial charge in [-0.2, -0.15) is 0 Å². The first-order valence-electron chi connectivity index (χ1n) is 8.61. The van der Waals surface area contributed by atoms with Gasteiger partial charge in [0.05, 0.1) is 18.0 Å². The third kappa shape index (κ3) is 4.05. The number of carbonyl (C=O) groups is 2. The summed E-state index contributed by atoms with van der Waals surface area (Å²) in [6.07, 6.45) is 0.865. The van der Waals surface area contributed by atoms with Crippen LogP contribution in [0.3, 0.4) is 0 Å². The molecule has 0 saturated carbocycles. The Labute approximate surface area is 162 Å². The van der Waals surface area contributed by atoms with Crippen molar-refractivity contribution in [1.29, 1.82) is 0 Å². The van der Waals surface area contributed by atoms with E-state index in [1.807, 2.05) is 50.2 Å². The van der Waals surface area contributed by atoms with Gasteiger partial charge in [0.15, 0.2) is 0 Å². The molecule has 0 bridgehead atoms. The van der Waals surface area contributed by atoms with Crippen molar-refractivity contribution in [2.24, 2.45) is 0 Å². The summed E-state index contributed by atoms with van der Waals surface area (Å²) in [6, 6.07) is 13.1. The minimum atomic E-state index is -0.122. The van der Waals surface area contributed by atoms with E-state index in [0.717, 1.165) is 22.6 Å². The van der Waals surface area contributed by atoms with E-state index < -0.39 is 0 Å². The molecule has 1 atom stereocenters. The zero-order valence-electron chi connectivity index (χ0n) is 14.8. The number of nitrogens with one attached hydrogen (secondary N) is 1. The standard InChI is InChI=1S/C20H21ClN2O2S/c1-3-13(2)22-20(25)14-8-9-18-17(10-14)23(19(24)12-26-18)11-15-6-4-5-7-16(15)21/h4-10,13H,3,11-12H2,1-2H3,(H,22,25)/t13-/m1/s1. The monoisotopic (exact) mass is 388 g/mol. The van der Waals surface area contributed by atoms with Gasteiger partial charge in [-0.15, -0.1) is 11.8 Å². The zero-order valence-corrected chi connectivity index (χ0v) is 16.4. The highest BCUT2D eigenvalue weighted by Crippen LogP contribution is 2.37. The van der Waals surface area contributed by atoms with E-state index in [0.29, 0.717) is 22.9 Å². The summed E-state index contributed by atoms with van der Waals surface area (Å²) < 4.78 is 0. The Morgan fingerprint density at radius 2 is 2.08 bits per heavy atom. The number of nitrogens with zero attached hydrogens (tertiary/aromatic N) is 1. The molecule has 0 aromatic heterocycles. The number of fused-ring (bicyclic) bond motifs is 1. The van der Waals surface area contributed by atoms with Crippen LogP contribution in [0.15, 0.2) is 47.4 Å². The SMILES string of the molecule is CC[C@@H](C)NC(=O)c1ccc2c(c1)N(Cc1ccccc1Cl)C(=O)CS2. The summed E-state index contributed by atoms with van der Waals surface area (Å²) in [5.41, 5.74) is 2.21. The minimum absolute atomic E-state index is 0.0157. The fraction of sp³-hybridized carbons (Fsp3) is 0.300. The fourth-order valence-electron chi connectivity index (χ4n) is 2.72. The molecule has 2 aromatic rings. The largest absolute Gasteiger partial charge is 0.350 e. The maximum atomic E-state index is 12.5. The number of carbonyl (C=O) groups excluding carboxylic acids is 2. The van der Waals surface area contributed by atoms with Crippen LogP contribution in [0.5, 0.6) is 0 Å². The van der Waals surface area contributed by atoms with E-state index in [4.69, 9.17) is 11.6 Å². The van der Waals surface area contributed by atoms with Crippen molar-refractivity contribution in [3.8, 4) is 0 Å². The number of anilines is 1. The maximum Gasteiger partial charge on any atom is 0.251 e. The highest BCUT2D eigenvalue weighted by Gasteiger charge is 2.26. The first-order valence-corrected chi connectivity index (χ1v) is 9.97. The average molecular weight is 389 g/mol. The molecule has 136 valence electrons. The summed E-state index contributed by atoms with van der Waals surface area (Å²) >= 11 is 7.76. The smallest absolute Gasteiger partial charge is 0.251 e. The predicted octanol–water partition coefficient (Wildman–Crippen LogP) is 4.51. The van der Waals surface area contributed by atoms with Crippen molar-refractivity contribution >= 4 is 40.9 Å². The lowest BCUT2D eigenvalue weighted by atomic mass is 10.1. The third-order valence-electron chi connectivity index (χ3n) is 4.44. The van der Waals surface area contributed by atoms with Crippen LogP contribution in [-0.2, 0) is 11.3 Å². The molecule has 0 radical (unpaired) electrons. The molecule has 26 heavy (non-hydrogen) atoms. The van der Waals surface area contributed by atoms with Gasteiger partial charge in [-0.25, -0.2) is 0 Å². The molecule has 1 N–H and O–H groups in total. The van der Waals surface area contributed by atoms with E-state index in [9.17, 15) is 9.59 Å². The molecule has 1 aliphatic rings. The van der Waals surface area contributed by atoms with Crippen LogP contribution in [0.1, 0.15) is 36.2 Å². The van der Waals surface area contributed by atoms with Crippen molar-refractivity contribution in [2.75, 3.05) is 10.7 Å². The molecule has 3 rings (SSSR count). The van der Waals surface area contributed by atoms with E-state index in [2.05, 4.69) is 5.32 Å². The lowest BCUT2D eigenvalue weighted by molar-refractivity contribution is -0.116. The number of hydrogen-bond donors (Lipinski definition) is 1. The Balaban J connectivity index is 1.92. The number of benzene rings is 2. The van der Waals surface area contributed by atoms with Crippen LogP contribution >= 0.6 is 23.4 Å². The highest BCUT2D eigenvalue weighted by molar-refractivity contribution is 8.00. The van der Waals surface area contributed by atoms with Gasteiger partial charge in [0.1, 0.15) is 0 Å². The van der Waals surface area contributed by atoms with Gasteiger partial charge in [0.2, 0.25) is 5.91 Å². The molecule has 0 aliphatic carbocycles. The molecule has 0 fully saturated rings. The number of rotatable bonds is 5. The Morgan fingerprint density at radius 1 is 1.31 bits per heavy atom. The topological polar surface area (TPSA) is 49.4 Å². The second kappa shape index (κ2) is 8.14. The van der Waals surface area contributed by atoms with E-state index in [1.54, 1.807) is 11.0 Å². The summed E-state index contributed by atoms with van der Waals surface area (Å²) in [7, 11) is 0. The van der Waals surface area contributed by atoms with Crippen LogP contribution in [-0.4, -0.2) is 23.6 Å². The Kier molecular flexibility index (Phi) is 5.89. The summed E-state index contributed by atoms with van der Waals surface area (Å²) in [5.74, 6) is 0.278. The van der Waals surface area contributed by atoms with Crippen molar-refractivity contribution in [2.45, 2.75) is 37.8 Å². The van der Waals surface area contributed by atoms with Gasteiger partial charge in [-0.1, -0.05) is 36.7 Å². The lowest BCUT2D eigenvalue weighted by Gasteiger charge is -2.30. The molecule has 0 spiro atoms. The van der Waals surface area contributed by atoms with Crippen LogP contribution in [0, 0.1) is 0 Å².